The van der Waals surface area contributed by atoms with Crippen LogP contribution in [0.5, 0.6) is 0 Å². The molecule has 0 amide bonds. The maximum Gasteiger partial charge on any atom is 0.163 e. The Morgan fingerprint density at radius 3 is 2.71 bits per heavy atom. The predicted octanol–water partition coefficient (Wildman–Crippen LogP) is 2.84. The molecule has 2 heterocycles. The fourth-order valence-corrected chi connectivity index (χ4v) is 2.40. The van der Waals surface area contributed by atoms with Crippen LogP contribution in [0.4, 0.5) is 0 Å². The van der Waals surface area contributed by atoms with Gasteiger partial charge < -0.3 is 4.57 Å². The van der Waals surface area contributed by atoms with Crippen LogP contribution in [-0.2, 0) is 13.0 Å². The molecular weight excluding hydrogens is 210 g/mol. The molecule has 0 spiro atoms. The average molecular weight is 227 g/mol. The molecule has 3 nitrogen and oxygen atoms in total. The van der Waals surface area contributed by atoms with Crippen LogP contribution < -0.4 is 0 Å². The smallest absolute Gasteiger partial charge is 0.163 e. The number of nitrogens with zero attached hydrogens (tertiary/aromatic N) is 3. The second-order valence-corrected chi connectivity index (χ2v) is 5.06. The molecule has 0 aliphatic carbocycles. The van der Waals surface area contributed by atoms with Gasteiger partial charge in [-0.05, 0) is 19.3 Å². The molecule has 0 radical (unpaired) electrons. The zero-order valence-electron chi connectivity index (χ0n) is 10.3. The van der Waals surface area contributed by atoms with Crippen LogP contribution in [-0.4, -0.2) is 14.8 Å². The molecule has 88 valence electrons. The summed E-state index contributed by atoms with van der Waals surface area (Å²) in [6, 6.07) is 8.51. The van der Waals surface area contributed by atoms with E-state index in [-0.39, 0.29) is 0 Å². The minimum absolute atomic E-state index is 0.734. The highest BCUT2D eigenvalue weighted by atomic mass is 15.3. The summed E-state index contributed by atoms with van der Waals surface area (Å²) in [6.45, 7) is 5.43. The van der Waals surface area contributed by atoms with Crippen molar-refractivity contribution < 1.29 is 0 Å². The molecule has 2 aromatic rings. The van der Waals surface area contributed by atoms with E-state index in [0.717, 1.165) is 30.5 Å². The van der Waals surface area contributed by atoms with Crippen molar-refractivity contribution in [2.45, 2.75) is 33.2 Å². The van der Waals surface area contributed by atoms with Gasteiger partial charge in [0, 0.05) is 18.5 Å². The second kappa shape index (κ2) is 3.99. The lowest BCUT2D eigenvalue weighted by Crippen LogP contribution is -2.17. The number of benzene rings is 1. The molecule has 0 N–H and O–H groups in total. The molecule has 1 aromatic carbocycles. The van der Waals surface area contributed by atoms with Crippen molar-refractivity contribution in [3.8, 4) is 11.4 Å². The molecule has 1 atom stereocenters. The van der Waals surface area contributed by atoms with Gasteiger partial charge in [-0.25, -0.2) is 0 Å². The highest BCUT2D eigenvalue weighted by Crippen LogP contribution is 2.25. The van der Waals surface area contributed by atoms with Gasteiger partial charge in [0.1, 0.15) is 5.82 Å². The third kappa shape index (κ3) is 1.86. The van der Waals surface area contributed by atoms with E-state index in [0.29, 0.717) is 0 Å². The van der Waals surface area contributed by atoms with Crippen LogP contribution in [0.25, 0.3) is 11.4 Å². The molecule has 1 unspecified atom stereocenters. The molecule has 0 saturated heterocycles. The number of aryl methyl sites for hydroxylation is 1. The molecule has 1 aliphatic heterocycles. The Labute approximate surface area is 101 Å². The van der Waals surface area contributed by atoms with Gasteiger partial charge in [-0.2, -0.15) is 0 Å². The van der Waals surface area contributed by atoms with Gasteiger partial charge in [-0.1, -0.05) is 36.8 Å². The lowest BCUT2D eigenvalue weighted by atomic mass is 10.00. The molecule has 0 saturated carbocycles. The summed E-state index contributed by atoms with van der Waals surface area (Å²) in [4.78, 5) is 0. The maximum atomic E-state index is 4.35. The van der Waals surface area contributed by atoms with Gasteiger partial charge >= 0.3 is 0 Å². The third-order valence-corrected chi connectivity index (χ3v) is 3.51. The summed E-state index contributed by atoms with van der Waals surface area (Å²) in [7, 11) is 0. The lowest BCUT2D eigenvalue weighted by molar-refractivity contribution is 0.411. The minimum atomic E-state index is 0.734. The summed E-state index contributed by atoms with van der Waals surface area (Å²) in [5, 5.41) is 8.66. The highest BCUT2D eigenvalue weighted by Gasteiger charge is 2.20. The van der Waals surface area contributed by atoms with Crippen LogP contribution in [0.1, 0.15) is 24.7 Å². The van der Waals surface area contributed by atoms with Gasteiger partial charge in [0.05, 0.1) is 0 Å². The van der Waals surface area contributed by atoms with Crippen molar-refractivity contribution >= 4 is 0 Å². The largest absolute Gasteiger partial charge is 0.311 e. The highest BCUT2D eigenvalue weighted by molar-refractivity contribution is 5.55. The third-order valence-electron chi connectivity index (χ3n) is 3.51. The molecule has 0 fully saturated rings. The fourth-order valence-electron chi connectivity index (χ4n) is 2.40. The van der Waals surface area contributed by atoms with Gasteiger partial charge in [0.15, 0.2) is 5.82 Å². The lowest BCUT2D eigenvalue weighted by Gasteiger charge is -2.20. The van der Waals surface area contributed by atoms with E-state index >= 15 is 0 Å². The van der Waals surface area contributed by atoms with Gasteiger partial charge in [0.25, 0.3) is 0 Å². The Morgan fingerprint density at radius 1 is 1.18 bits per heavy atom. The Kier molecular flexibility index (Phi) is 2.46. The summed E-state index contributed by atoms with van der Waals surface area (Å²) in [5.41, 5.74) is 2.45. The second-order valence-electron chi connectivity index (χ2n) is 5.06. The van der Waals surface area contributed by atoms with Crippen molar-refractivity contribution in [2.24, 2.45) is 5.92 Å². The first-order valence-corrected chi connectivity index (χ1v) is 6.23. The van der Waals surface area contributed by atoms with Gasteiger partial charge in [0.2, 0.25) is 0 Å². The summed E-state index contributed by atoms with van der Waals surface area (Å²) >= 11 is 0. The molecule has 1 aliphatic rings. The number of fused-ring (bicyclic) bond motifs is 1. The first-order valence-electron chi connectivity index (χ1n) is 6.23. The number of hydrogen-bond acceptors (Lipinski definition) is 2. The van der Waals surface area contributed by atoms with E-state index in [1.807, 2.05) is 0 Å². The molecule has 1 aromatic heterocycles. The van der Waals surface area contributed by atoms with Crippen LogP contribution in [0.3, 0.4) is 0 Å². The zero-order chi connectivity index (χ0) is 11.8. The van der Waals surface area contributed by atoms with Crippen LogP contribution in [0.2, 0.25) is 0 Å². The molecular formula is C14H17N3. The van der Waals surface area contributed by atoms with Crippen LogP contribution in [0.15, 0.2) is 24.3 Å². The van der Waals surface area contributed by atoms with Crippen LogP contribution >= 0.6 is 0 Å². The average Bonchev–Trinajstić information content (AvgIpc) is 2.73. The van der Waals surface area contributed by atoms with Crippen molar-refractivity contribution in [1.29, 1.82) is 0 Å². The quantitative estimate of drug-likeness (QED) is 0.750. The van der Waals surface area contributed by atoms with E-state index in [4.69, 9.17) is 0 Å². The standard InChI is InChI=1S/C14H17N3/c1-10-3-5-12(6-4-10)14-16-15-13-9-11(2)7-8-17(13)14/h3-6,11H,7-9H2,1-2H3. The van der Waals surface area contributed by atoms with E-state index in [1.54, 1.807) is 0 Å². The van der Waals surface area contributed by atoms with Crippen molar-refractivity contribution in [2.75, 3.05) is 0 Å². The Morgan fingerprint density at radius 2 is 1.94 bits per heavy atom. The Hall–Kier alpha value is -1.64. The van der Waals surface area contributed by atoms with Crippen LogP contribution in [0, 0.1) is 12.8 Å². The maximum absolute atomic E-state index is 4.35. The minimum Gasteiger partial charge on any atom is -0.311 e. The SMILES string of the molecule is Cc1ccc(-c2nnc3n2CCC(C)C3)cc1. The molecule has 3 rings (SSSR count). The van der Waals surface area contributed by atoms with E-state index in [1.165, 1.54) is 17.5 Å². The molecule has 0 bridgehead atoms. The topological polar surface area (TPSA) is 30.7 Å². The molecule has 3 heteroatoms. The van der Waals surface area contributed by atoms with Gasteiger partial charge in [-0.3, -0.25) is 0 Å². The molecule has 17 heavy (non-hydrogen) atoms. The summed E-state index contributed by atoms with van der Waals surface area (Å²) in [6.07, 6.45) is 2.28. The Bertz CT molecular complexity index is 525. The first-order chi connectivity index (χ1) is 8.24. The van der Waals surface area contributed by atoms with Crippen molar-refractivity contribution in [1.82, 2.24) is 14.8 Å². The Balaban J connectivity index is 2.02. The van der Waals surface area contributed by atoms with Gasteiger partial charge in [-0.15, -0.1) is 10.2 Å². The van der Waals surface area contributed by atoms with E-state index in [2.05, 4.69) is 52.9 Å². The number of aromatic nitrogens is 3. The zero-order valence-corrected chi connectivity index (χ0v) is 10.3. The summed E-state index contributed by atoms with van der Waals surface area (Å²) in [5.74, 6) is 2.89. The van der Waals surface area contributed by atoms with E-state index < -0.39 is 0 Å². The first kappa shape index (κ1) is 10.5. The summed E-state index contributed by atoms with van der Waals surface area (Å²) < 4.78 is 2.27. The number of hydrogen-bond donors (Lipinski definition) is 0. The van der Waals surface area contributed by atoms with Crippen molar-refractivity contribution in [3.63, 3.8) is 0 Å². The van der Waals surface area contributed by atoms with Crippen molar-refractivity contribution in [3.05, 3.63) is 35.7 Å². The fraction of sp³-hybridized carbons (Fsp3) is 0.429. The monoisotopic (exact) mass is 227 g/mol. The predicted molar refractivity (Wildman–Crippen MR) is 67.7 cm³/mol. The number of rotatable bonds is 1. The van der Waals surface area contributed by atoms with E-state index in [9.17, 15) is 0 Å². The normalized spacial score (nSPS) is 19.1.